The van der Waals surface area contributed by atoms with Crippen LogP contribution in [0.15, 0.2) is 82.5 Å². The van der Waals surface area contributed by atoms with E-state index in [4.69, 9.17) is 5.10 Å². The second kappa shape index (κ2) is 10.1. The summed E-state index contributed by atoms with van der Waals surface area (Å²) in [5.41, 5.74) is 2.81. The Hall–Kier alpha value is -4.25. The Labute approximate surface area is 233 Å². The first-order valence-corrected chi connectivity index (χ1v) is 13.6. The highest BCUT2D eigenvalue weighted by atomic mass is 79.9. The molecule has 6 rings (SSSR count). The minimum atomic E-state index is -0.373. The molecule has 4 aromatic heterocycles. The number of aromatic nitrogens is 6. The summed E-state index contributed by atoms with van der Waals surface area (Å²) in [6, 6.07) is 18.7. The van der Waals surface area contributed by atoms with Crippen LogP contribution in [-0.4, -0.2) is 47.4 Å². The molecule has 0 spiro atoms. The first kappa shape index (κ1) is 25.1. The highest BCUT2D eigenvalue weighted by Crippen LogP contribution is 2.35. The van der Waals surface area contributed by atoms with Crippen molar-refractivity contribution in [3.8, 4) is 5.69 Å². The average molecular weight is 587 g/mol. The summed E-state index contributed by atoms with van der Waals surface area (Å²) < 4.78 is 5.90. The van der Waals surface area contributed by atoms with Crippen LogP contribution < -0.4 is 15.8 Å². The molecule has 2 atom stereocenters. The van der Waals surface area contributed by atoms with Crippen LogP contribution in [0.4, 0.5) is 5.82 Å². The standard InChI is InChI=1S/C28H27BrN8O2/c1-3-35-18(2)26(28(39)37(35)20-9-5-4-6-10-20)27(38)32-19-15-22(21-11-7-8-14-30-21)34(17-19)25-13-12-24-31-16-23(29)36(24)33-25/h4-14,16,19,22H,3,15,17H2,1-2H3,(H,32,38)/t19-,22+/m0/s1. The van der Waals surface area contributed by atoms with E-state index in [1.807, 2.05) is 79.2 Å². The molecule has 0 aliphatic carbocycles. The number of rotatable bonds is 6. The number of carbonyl (C=O) groups excluding carboxylic acids is 1. The molecule has 1 N–H and O–H groups in total. The Bertz CT molecular complexity index is 1710. The molecule has 5 heterocycles. The maximum Gasteiger partial charge on any atom is 0.284 e. The van der Waals surface area contributed by atoms with Gasteiger partial charge in [-0.25, -0.2) is 14.2 Å². The topological polar surface area (TPSA) is 102 Å². The zero-order valence-electron chi connectivity index (χ0n) is 21.5. The Morgan fingerprint density at radius 3 is 2.62 bits per heavy atom. The van der Waals surface area contributed by atoms with Crippen LogP contribution in [-0.2, 0) is 6.54 Å². The van der Waals surface area contributed by atoms with E-state index < -0.39 is 0 Å². The lowest BCUT2D eigenvalue weighted by Gasteiger charge is -2.25. The van der Waals surface area contributed by atoms with Crippen molar-refractivity contribution < 1.29 is 4.79 Å². The van der Waals surface area contributed by atoms with Crippen LogP contribution >= 0.6 is 15.9 Å². The highest BCUT2D eigenvalue weighted by molar-refractivity contribution is 9.10. The second-order valence-electron chi connectivity index (χ2n) is 9.50. The van der Waals surface area contributed by atoms with Crippen LogP contribution in [0.1, 0.15) is 41.1 Å². The molecule has 198 valence electrons. The molecule has 1 aliphatic rings. The first-order valence-electron chi connectivity index (χ1n) is 12.8. The summed E-state index contributed by atoms with van der Waals surface area (Å²) >= 11 is 3.50. The summed E-state index contributed by atoms with van der Waals surface area (Å²) in [5, 5.41) is 7.93. The summed E-state index contributed by atoms with van der Waals surface area (Å²) in [6.07, 6.45) is 4.10. The number of hydrogen-bond donors (Lipinski definition) is 1. The Kier molecular flexibility index (Phi) is 6.51. The number of para-hydroxylation sites is 1. The van der Waals surface area contributed by atoms with Gasteiger partial charge in [0.15, 0.2) is 5.65 Å². The zero-order valence-corrected chi connectivity index (χ0v) is 23.1. The molecular formula is C28H27BrN8O2. The maximum absolute atomic E-state index is 13.6. The second-order valence-corrected chi connectivity index (χ2v) is 10.3. The van der Waals surface area contributed by atoms with Gasteiger partial charge in [0, 0.05) is 25.3 Å². The fourth-order valence-corrected chi connectivity index (χ4v) is 5.77. The van der Waals surface area contributed by atoms with Crippen LogP contribution in [0.5, 0.6) is 0 Å². The molecule has 0 unspecified atom stereocenters. The van der Waals surface area contributed by atoms with Gasteiger partial charge in [0.1, 0.15) is 16.0 Å². The molecule has 1 amide bonds. The lowest BCUT2D eigenvalue weighted by molar-refractivity contribution is 0.0938. The van der Waals surface area contributed by atoms with Gasteiger partial charge in [0.05, 0.1) is 29.3 Å². The monoisotopic (exact) mass is 586 g/mol. The molecule has 1 aromatic carbocycles. The molecular weight excluding hydrogens is 560 g/mol. The van der Waals surface area contributed by atoms with E-state index in [9.17, 15) is 9.59 Å². The molecule has 1 saturated heterocycles. The van der Waals surface area contributed by atoms with Crippen molar-refractivity contribution in [1.29, 1.82) is 0 Å². The van der Waals surface area contributed by atoms with E-state index in [-0.39, 0.29) is 29.1 Å². The number of fused-ring (bicyclic) bond motifs is 1. The van der Waals surface area contributed by atoms with Crippen molar-refractivity contribution in [3.05, 3.63) is 105 Å². The molecule has 5 aromatic rings. The van der Waals surface area contributed by atoms with Gasteiger partial charge in [-0.1, -0.05) is 24.3 Å². The van der Waals surface area contributed by atoms with Gasteiger partial charge in [-0.15, -0.1) is 5.10 Å². The maximum atomic E-state index is 13.6. The number of anilines is 1. The third-order valence-corrected chi connectivity index (χ3v) is 7.73. The summed E-state index contributed by atoms with van der Waals surface area (Å²) in [5.74, 6) is 0.370. The van der Waals surface area contributed by atoms with Crippen molar-refractivity contribution in [3.63, 3.8) is 0 Å². The van der Waals surface area contributed by atoms with E-state index >= 15 is 0 Å². The normalized spacial score (nSPS) is 17.2. The average Bonchev–Trinajstić information content (AvgIpc) is 3.62. The summed E-state index contributed by atoms with van der Waals surface area (Å²) in [6.45, 7) is 4.85. The number of nitrogens with zero attached hydrogens (tertiary/aromatic N) is 7. The fourth-order valence-electron chi connectivity index (χ4n) is 5.41. The number of nitrogens with one attached hydrogen (secondary N) is 1. The number of halogens is 1. The van der Waals surface area contributed by atoms with Gasteiger partial charge in [0.25, 0.3) is 11.5 Å². The summed E-state index contributed by atoms with van der Waals surface area (Å²) in [7, 11) is 0. The predicted molar refractivity (Wildman–Crippen MR) is 151 cm³/mol. The van der Waals surface area contributed by atoms with E-state index in [0.29, 0.717) is 25.2 Å². The number of benzene rings is 1. The molecule has 10 nitrogen and oxygen atoms in total. The lowest BCUT2D eigenvalue weighted by Crippen LogP contribution is -2.39. The number of pyridine rings is 1. The van der Waals surface area contributed by atoms with Crippen molar-refractivity contribution in [1.82, 2.24) is 34.3 Å². The van der Waals surface area contributed by atoms with Gasteiger partial charge in [-0.05, 0) is 72.6 Å². The van der Waals surface area contributed by atoms with Gasteiger partial charge in [-0.2, -0.15) is 0 Å². The van der Waals surface area contributed by atoms with Crippen molar-refractivity contribution in [2.24, 2.45) is 0 Å². The quantitative estimate of drug-likeness (QED) is 0.323. The van der Waals surface area contributed by atoms with Gasteiger partial charge in [0.2, 0.25) is 0 Å². The van der Waals surface area contributed by atoms with Gasteiger partial charge in [-0.3, -0.25) is 19.3 Å². The SMILES string of the molecule is CCn1c(C)c(C(=O)N[C@H]2C[C@H](c3ccccn3)N(c3ccc4ncc(Br)n4n3)C2)c(=O)n1-c1ccccc1. The zero-order chi connectivity index (χ0) is 27.1. The van der Waals surface area contributed by atoms with Crippen LogP contribution in [0.25, 0.3) is 11.3 Å². The lowest BCUT2D eigenvalue weighted by atomic mass is 10.1. The van der Waals surface area contributed by atoms with E-state index in [0.717, 1.165) is 27.4 Å². The molecule has 1 fully saturated rings. The van der Waals surface area contributed by atoms with E-state index in [1.165, 1.54) is 0 Å². The van der Waals surface area contributed by atoms with E-state index in [2.05, 4.69) is 36.1 Å². The molecule has 1 aliphatic heterocycles. The van der Waals surface area contributed by atoms with Crippen LogP contribution in [0, 0.1) is 6.92 Å². The van der Waals surface area contributed by atoms with Crippen LogP contribution in [0.2, 0.25) is 0 Å². The van der Waals surface area contributed by atoms with Crippen molar-refractivity contribution >= 4 is 33.3 Å². The largest absolute Gasteiger partial charge is 0.347 e. The highest BCUT2D eigenvalue weighted by Gasteiger charge is 2.37. The Balaban J connectivity index is 1.32. The van der Waals surface area contributed by atoms with Crippen molar-refractivity contribution in [2.75, 3.05) is 11.4 Å². The van der Waals surface area contributed by atoms with Gasteiger partial charge >= 0.3 is 0 Å². The smallest absolute Gasteiger partial charge is 0.284 e. The number of amides is 1. The number of hydrogen-bond acceptors (Lipinski definition) is 6. The third kappa shape index (κ3) is 4.42. The third-order valence-electron chi connectivity index (χ3n) is 7.19. The van der Waals surface area contributed by atoms with Gasteiger partial charge < -0.3 is 10.2 Å². The number of carbonyl (C=O) groups is 1. The number of imidazole rings is 1. The minimum absolute atomic E-state index is 0.105. The minimum Gasteiger partial charge on any atom is -0.347 e. The molecule has 39 heavy (non-hydrogen) atoms. The van der Waals surface area contributed by atoms with Crippen molar-refractivity contribution in [2.45, 2.75) is 38.9 Å². The van der Waals surface area contributed by atoms with E-state index in [1.54, 1.807) is 21.6 Å². The molecule has 0 saturated carbocycles. The van der Waals surface area contributed by atoms with Crippen LogP contribution in [0.3, 0.4) is 0 Å². The molecule has 0 bridgehead atoms. The fraction of sp³-hybridized carbons (Fsp3) is 0.250. The molecule has 0 radical (unpaired) electrons. The Morgan fingerprint density at radius 1 is 1.08 bits per heavy atom. The Morgan fingerprint density at radius 2 is 1.87 bits per heavy atom. The summed E-state index contributed by atoms with van der Waals surface area (Å²) in [4.78, 5) is 38.2. The first-order chi connectivity index (χ1) is 19.0. The predicted octanol–water partition coefficient (Wildman–Crippen LogP) is 3.92. The molecule has 11 heteroatoms.